The summed E-state index contributed by atoms with van der Waals surface area (Å²) < 4.78 is 36.3. The van der Waals surface area contributed by atoms with Crippen LogP contribution in [0.25, 0.3) is 15.7 Å². The van der Waals surface area contributed by atoms with Gasteiger partial charge in [-0.25, -0.2) is 4.85 Å². The highest BCUT2D eigenvalue weighted by Gasteiger charge is 2.26. The molecule has 0 atom stereocenters. The van der Waals surface area contributed by atoms with Gasteiger partial charge in [0.15, 0.2) is 0 Å². The van der Waals surface area contributed by atoms with Gasteiger partial charge in [-0.1, -0.05) is 17.7 Å². The number of benzene rings is 1. The molecule has 0 radical (unpaired) electrons. The molecule has 1 aromatic carbocycles. The number of aromatic nitrogens is 1. The number of halogens is 4. The summed E-state index contributed by atoms with van der Waals surface area (Å²) in [6.07, 6.45) is -5.18. The fourth-order valence-corrected chi connectivity index (χ4v) is 1.97. The summed E-state index contributed by atoms with van der Waals surface area (Å²) >= 11 is 5.99. The van der Waals surface area contributed by atoms with Crippen molar-refractivity contribution in [1.82, 2.24) is 4.98 Å². The zero-order valence-electron chi connectivity index (χ0n) is 9.11. The zero-order chi connectivity index (χ0) is 13.3. The molecule has 0 saturated heterocycles. The van der Waals surface area contributed by atoms with Crippen molar-refractivity contribution in [2.75, 3.05) is 0 Å². The van der Waals surface area contributed by atoms with Crippen molar-refractivity contribution in [2.24, 2.45) is 0 Å². The number of fused-ring (bicyclic) bond motifs is 1. The number of hydrogen-bond acceptors (Lipinski definition) is 0. The molecule has 0 spiro atoms. The summed E-state index contributed by atoms with van der Waals surface area (Å²) in [6.45, 7) is 6.91. The second kappa shape index (κ2) is 4.54. The first-order valence-electron chi connectivity index (χ1n) is 5.15. The lowest BCUT2D eigenvalue weighted by atomic mass is 10.2. The van der Waals surface area contributed by atoms with Gasteiger partial charge in [0, 0.05) is 23.0 Å². The lowest BCUT2D eigenvalue weighted by molar-refractivity contribution is -0.134. The Bertz CT molecular complexity index is 623. The maximum Gasteiger partial charge on any atom is 0.389 e. The highest BCUT2D eigenvalue weighted by Crippen LogP contribution is 2.34. The Hall–Kier alpha value is -1.67. The maximum absolute atomic E-state index is 12.1. The van der Waals surface area contributed by atoms with E-state index >= 15 is 0 Å². The van der Waals surface area contributed by atoms with Crippen LogP contribution < -0.4 is 0 Å². The Morgan fingerprint density at radius 2 is 2.06 bits per heavy atom. The molecule has 0 bridgehead atoms. The molecule has 0 fully saturated rings. The monoisotopic (exact) mass is 272 g/mol. The van der Waals surface area contributed by atoms with E-state index in [4.69, 9.17) is 18.2 Å². The fourth-order valence-electron chi connectivity index (χ4n) is 1.71. The number of hydrogen-bond donors (Lipinski definition) is 1. The van der Waals surface area contributed by atoms with E-state index in [0.717, 1.165) is 0 Å². The Labute approximate surface area is 106 Å². The minimum Gasteiger partial charge on any atom is -0.358 e. The van der Waals surface area contributed by atoms with Gasteiger partial charge in [0.2, 0.25) is 5.69 Å². The highest BCUT2D eigenvalue weighted by atomic mass is 35.5. The van der Waals surface area contributed by atoms with Gasteiger partial charge < -0.3 is 4.98 Å². The molecule has 2 rings (SSSR count). The van der Waals surface area contributed by atoms with Crippen LogP contribution in [0.1, 0.15) is 12.1 Å². The Balaban J connectivity index is 2.34. The van der Waals surface area contributed by atoms with Gasteiger partial charge in [-0.2, -0.15) is 13.2 Å². The number of alkyl halides is 3. The smallest absolute Gasteiger partial charge is 0.358 e. The van der Waals surface area contributed by atoms with Crippen LogP contribution in [0.3, 0.4) is 0 Å². The number of nitrogens with one attached hydrogen (secondary N) is 1. The third kappa shape index (κ3) is 2.59. The SMILES string of the molecule is [C-]#[N+]c1ccc2[nH]c(CCC(F)(F)F)cc2c1Cl. The van der Waals surface area contributed by atoms with Gasteiger partial charge in [0.05, 0.1) is 11.6 Å². The van der Waals surface area contributed by atoms with Crippen molar-refractivity contribution >= 4 is 28.2 Å². The molecule has 0 aliphatic heterocycles. The van der Waals surface area contributed by atoms with Crippen LogP contribution in [0.5, 0.6) is 0 Å². The molecular formula is C12H8ClF3N2. The lowest BCUT2D eigenvalue weighted by Gasteiger charge is -2.03. The zero-order valence-corrected chi connectivity index (χ0v) is 9.86. The molecule has 2 nitrogen and oxygen atoms in total. The molecule has 0 unspecified atom stereocenters. The van der Waals surface area contributed by atoms with Crippen molar-refractivity contribution < 1.29 is 13.2 Å². The standard InChI is InChI=1S/C12H8ClF3N2/c1-17-10-3-2-9-8(11(10)13)6-7(18-9)4-5-12(14,15)16/h2-3,6,18H,4-5H2. The van der Waals surface area contributed by atoms with Crippen LogP contribution in [0.4, 0.5) is 18.9 Å². The quantitative estimate of drug-likeness (QED) is 0.753. The molecule has 1 heterocycles. The van der Waals surface area contributed by atoms with Gasteiger partial charge in [0.25, 0.3) is 0 Å². The first-order valence-corrected chi connectivity index (χ1v) is 5.53. The molecule has 18 heavy (non-hydrogen) atoms. The van der Waals surface area contributed by atoms with E-state index in [-0.39, 0.29) is 11.4 Å². The van der Waals surface area contributed by atoms with Crippen LogP contribution in [0.2, 0.25) is 5.02 Å². The summed E-state index contributed by atoms with van der Waals surface area (Å²) in [5.41, 5.74) is 1.40. The van der Waals surface area contributed by atoms with E-state index < -0.39 is 12.6 Å². The van der Waals surface area contributed by atoms with Gasteiger partial charge >= 0.3 is 6.18 Å². The van der Waals surface area contributed by atoms with Crippen LogP contribution in [0, 0.1) is 6.57 Å². The molecule has 6 heteroatoms. The summed E-state index contributed by atoms with van der Waals surface area (Å²) in [6, 6.07) is 4.76. The van der Waals surface area contributed by atoms with E-state index in [2.05, 4.69) is 9.83 Å². The second-order valence-electron chi connectivity index (χ2n) is 3.88. The highest BCUT2D eigenvalue weighted by molar-refractivity contribution is 6.38. The van der Waals surface area contributed by atoms with E-state index in [9.17, 15) is 13.2 Å². The van der Waals surface area contributed by atoms with Crippen molar-refractivity contribution in [3.63, 3.8) is 0 Å². The van der Waals surface area contributed by atoms with E-state index in [1.165, 1.54) is 0 Å². The third-order valence-corrected chi connectivity index (χ3v) is 2.97. The normalized spacial score (nSPS) is 11.7. The molecule has 0 aliphatic carbocycles. The van der Waals surface area contributed by atoms with Crippen molar-refractivity contribution in [1.29, 1.82) is 0 Å². The van der Waals surface area contributed by atoms with Gasteiger partial charge in [0.1, 0.15) is 0 Å². The first-order chi connectivity index (χ1) is 8.40. The minimum absolute atomic E-state index is 0.123. The molecular weight excluding hydrogens is 265 g/mol. The Morgan fingerprint density at radius 3 is 2.67 bits per heavy atom. The third-order valence-electron chi connectivity index (χ3n) is 2.57. The van der Waals surface area contributed by atoms with E-state index in [0.29, 0.717) is 22.3 Å². The average molecular weight is 273 g/mol. The van der Waals surface area contributed by atoms with Crippen LogP contribution in [-0.4, -0.2) is 11.2 Å². The molecule has 2 aromatic rings. The Kier molecular flexibility index (Phi) is 3.22. The summed E-state index contributed by atoms with van der Waals surface area (Å²) in [7, 11) is 0. The number of aryl methyl sites for hydroxylation is 1. The fraction of sp³-hybridized carbons (Fsp3) is 0.250. The second-order valence-corrected chi connectivity index (χ2v) is 4.26. The van der Waals surface area contributed by atoms with Crippen molar-refractivity contribution in [2.45, 2.75) is 19.0 Å². The first kappa shape index (κ1) is 12.8. The number of aromatic amines is 1. The number of nitrogens with zero attached hydrogens (tertiary/aromatic N) is 1. The predicted octanol–water partition coefficient (Wildman–Crippen LogP) is 4.87. The molecule has 0 amide bonds. The predicted molar refractivity (Wildman–Crippen MR) is 63.9 cm³/mol. The van der Waals surface area contributed by atoms with Crippen molar-refractivity contribution in [3.8, 4) is 0 Å². The van der Waals surface area contributed by atoms with Gasteiger partial charge in [-0.05, 0) is 18.6 Å². The molecule has 94 valence electrons. The molecule has 1 aromatic heterocycles. The number of rotatable bonds is 2. The lowest BCUT2D eigenvalue weighted by Crippen LogP contribution is -2.08. The van der Waals surface area contributed by atoms with Crippen LogP contribution in [0.15, 0.2) is 18.2 Å². The molecule has 0 aliphatic rings. The van der Waals surface area contributed by atoms with Crippen LogP contribution in [-0.2, 0) is 6.42 Å². The number of H-pyrrole nitrogens is 1. The summed E-state index contributed by atoms with van der Waals surface area (Å²) in [4.78, 5) is 6.11. The van der Waals surface area contributed by atoms with Crippen molar-refractivity contribution in [3.05, 3.63) is 40.3 Å². The minimum atomic E-state index is -4.18. The van der Waals surface area contributed by atoms with E-state index in [1.54, 1.807) is 18.2 Å². The average Bonchev–Trinajstić information content (AvgIpc) is 2.70. The Morgan fingerprint density at radius 1 is 1.33 bits per heavy atom. The van der Waals surface area contributed by atoms with E-state index in [1.807, 2.05) is 0 Å². The topological polar surface area (TPSA) is 20.1 Å². The van der Waals surface area contributed by atoms with Crippen LogP contribution >= 0.6 is 11.6 Å². The largest absolute Gasteiger partial charge is 0.389 e. The molecule has 0 saturated carbocycles. The summed E-state index contributed by atoms with van der Waals surface area (Å²) in [5, 5.41) is 0.861. The van der Waals surface area contributed by atoms with Gasteiger partial charge in [-0.15, -0.1) is 0 Å². The summed E-state index contributed by atoms with van der Waals surface area (Å²) in [5.74, 6) is 0. The molecule has 1 N–H and O–H groups in total. The maximum atomic E-state index is 12.1. The van der Waals surface area contributed by atoms with Gasteiger partial charge in [-0.3, -0.25) is 0 Å².